The van der Waals surface area contributed by atoms with Gasteiger partial charge in [0.25, 0.3) is 0 Å². The Morgan fingerprint density at radius 3 is 2.39 bits per heavy atom. The van der Waals surface area contributed by atoms with Crippen molar-refractivity contribution in [2.45, 2.75) is 0 Å². The minimum atomic E-state index is -0.466. The number of aromatic hydroxyl groups is 1. The summed E-state index contributed by atoms with van der Waals surface area (Å²) in [6.07, 6.45) is 1.56. The second-order valence-corrected chi connectivity index (χ2v) is 3.73. The Morgan fingerprint density at radius 1 is 1.11 bits per heavy atom. The quantitative estimate of drug-likeness (QED) is 0.807. The fourth-order valence-electron chi connectivity index (χ4n) is 1.45. The monoisotopic (exact) mass is 240 g/mol. The van der Waals surface area contributed by atoms with E-state index in [4.69, 9.17) is 5.73 Å². The lowest BCUT2D eigenvalue weighted by atomic mass is 10.2. The van der Waals surface area contributed by atoms with Crippen molar-refractivity contribution in [3.05, 3.63) is 59.7 Å². The van der Waals surface area contributed by atoms with Gasteiger partial charge in [-0.1, -0.05) is 12.1 Å². The predicted molar refractivity (Wildman–Crippen MR) is 70.3 cm³/mol. The van der Waals surface area contributed by atoms with Crippen LogP contribution in [-0.2, 0) is 0 Å². The van der Waals surface area contributed by atoms with Crippen LogP contribution in [0.25, 0.3) is 0 Å². The van der Waals surface area contributed by atoms with Gasteiger partial charge in [-0.2, -0.15) is 0 Å². The molecule has 0 aliphatic heterocycles. The first kappa shape index (κ1) is 11.9. The summed E-state index contributed by atoms with van der Waals surface area (Å²) in [6.45, 7) is 0. The van der Waals surface area contributed by atoms with Crippen molar-refractivity contribution < 1.29 is 9.90 Å². The van der Waals surface area contributed by atoms with Gasteiger partial charge in [0, 0.05) is 17.3 Å². The van der Waals surface area contributed by atoms with Crippen molar-refractivity contribution >= 4 is 17.8 Å². The lowest BCUT2D eigenvalue weighted by Crippen LogP contribution is -2.10. The largest absolute Gasteiger partial charge is 0.507 e. The fourth-order valence-corrected chi connectivity index (χ4v) is 1.45. The van der Waals surface area contributed by atoms with Crippen LogP contribution in [0.4, 0.5) is 5.69 Å². The van der Waals surface area contributed by atoms with Crippen LogP contribution in [0.3, 0.4) is 0 Å². The molecule has 2 aromatic rings. The zero-order chi connectivity index (χ0) is 13.0. The number of phenolic OH excluding ortho intramolecular Hbond substituents is 1. The van der Waals surface area contributed by atoms with E-state index in [1.54, 1.807) is 48.7 Å². The molecular formula is C14H12N2O2. The maximum Gasteiger partial charge on any atom is 0.248 e. The Balaban J connectivity index is 2.19. The van der Waals surface area contributed by atoms with Gasteiger partial charge in [0.15, 0.2) is 0 Å². The molecule has 18 heavy (non-hydrogen) atoms. The second-order valence-electron chi connectivity index (χ2n) is 3.73. The molecule has 0 aliphatic rings. The van der Waals surface area contributed by atoms with Crippen LogP contribution < -0.4 is 5.73 Å². The van der Waals surface area contributed by atoms with Gasteiger partial charge in [0.1, 0.15) is 5.75 Å². The zero-order valence-electron chi connectivity index (χ0n) is 9.58. The molecule has 1 amide bonds. The summed E-state index contributed by atoms with van der Waals surface area (Å²) in [5.74, 6) is -0.291. The van der Waals surface area contributed by atoms with E-state index in [0.717, 1.165) is 0 Å². The van der Waals surface area contributed by atoms with E-state index >= 15 is 0 Å². The molecule has 0 aromatic heterocycles. The standard InChI is InChI=1S/C14H12N2O2/c15-14(18)10-5-7-12(8-6-10)16-9-11-3-1-2-4-13(11)17/h1-9,17H,(H2,15,18). The molecule has 0 spiro atoms. The molecule has 0 saturated heterocycles. The van der Waals surface area contributed by atoms with Crippen molar-refractivity contribution in [2.75, 3.05) is 0 Å². The van der Waals surface area contributed by atoms with Crippen LogP contribution in [-0.4, -0.2) is 17.2 Å². The number of para-hydroxylation sites is 1. The lowest BCUT2D eigenvalue weighted by molar-refractivity contribution is 0.100. The van der Waals surface area contributed by atoms with Crippen LogP contribution in [0.15, 0.2) is 53.5 Å². The normalized spacial score (nSPS) is 10.7. The molecule has 0 radical (unpaired) electrons. The van der Waals surface area contributed by atoms with E-state index < -0.39 is 5.91 Å². The first-order chi connectivity index (χ1) is 8.66. The van der Waals surface area contributed by atoms with Crippen LogP contribution in [0.2, 0.25) is 0 Å². The third-order valence-corrected chi connectivity index (χ3v) is 2.44. The van der Waals surface area contributed by atoms with Crippen molar-refractivity contribution in [3.63, 3.8) is 0 Å². The maximum absolute atomic E-state index is 10.9. The summed E-state index contributed by atoms with van der Waals surface area (Å²) in [7, 11) is 0. The van der Waals surface area contributed by atoms with Crippen LogP contribution >= 0.6 is 0 Å². The molecule has 0 unspecified atom stereocenters. The number of carbonyl (C=O) groups excluding carboxylic acids is 1. The number of rotatable bonds is 3. The average Bonchev–Trinajstić information content (AvgIpc) is 2.38. The molecule has 0 atom stereocenters. The number of benzene rings is 2. The summed E-state index contributed by atoms with van der Waals surface area (Å²) in [5.41, 5.74) is 6.90. The Bertz CT molecular complexity index is 589. The number of hydrogen-bond acceptors (Lipinski definition) is 3. The number of nitrogens with zero attached hydrogens (tertiary/aromatic N) is 1. The minimum absolute atomic E-state index is 0.176. The molecule has 3 N–H and O–H groups in total. The van der Waals surface area contributed by atoms with E-state index in [1.807, 2.05) is 6.07 Å². The summed E-state index contributed by atoms with van der Waals surface area (Å²) in [4.78, 5) is 15.1. The average molecular weight is 240 g/mol. The molecule has 90 valence electrons. The summed E-state index contributed by atoms with van der Waals surface area (Å²) in [5, 5.41) is 9.55. The van der Waals surface area contributed by atoms with Gasteiger partial charge < -0.3 is 10.8 Å². The van der Waals surface area contributed by atoms with Gasteiger partial charge in [-0.05, 0) is 36.4 Å². The Hall–Kier alpha value is -2.62. The van der Waals surface area contributed by atoms with E-state index in [9.17, 15) is 9.90 Å². The molecule has 0 heterocycles. The van der Waals surface area contributed by atoms with Crippen molar-refractivity contribution in [1.82, 2.24) is 0 Å². The highest BCUT2D eigenvalue weighted by Crippen LogP contribution is 2.16. The summed E-state index contributed by atoms with van der Waals surface area (Å²) >= 11 is 0. The Morgan fingerprint density at radius 2 is 1.78 bits per heavy atom. The highest BCUT2D eigenvalue weighted by molar-refractivity contribution is 5.93. The smallest absolute Gasteiger partial charge is 0.248 e. The summed E-state index contributed by atoms with van der Waals surface area (Å²) < 4.78 is 0. The number of hydrogen-bond donors (Lipinski definition) is 2. The van der Waals surface area contributed by atoms with E-state index in [0.29, 0.717) is 16.8 Å². The number of aliphatic imine (C=N–C) groups is 1. The van der Waals surface area contributed by atoms with E-state index in [2.05, 4.69) is 4.99 Å². The second kappa shape index (κ2) is 5.14. The maximum atomic E-state index is 10.9. The van der Waals surface area contributed by atoms with Crippen LogP contribution in [0.5, 0.6) is 5.75 Å². The van der Waals surface area contributed by atoms with Gasteiger partial charge in [0.05, 0.1) is 5.69 Å². The molecule has 4 heteroatoms. The molecule has 0 bridgehead atoms. The first-order valence-corrected chi connectivity index (χ1v) is 5.39. The summed E-state index contributed by atoms with van der Waals surface area (Å²) in [6, 6.07) is 13.5. The number of carbonyl (C=O) groups is 1. The SMILES string of the molecule is NC(=O)c1ccc(N=Cc2ccccc2O)cc1. The van der Waals surface area contributed by atoms with E-state index in [1.165, 1.54) is 0 Å². The van der Waals surface area contributed by atoms with Crippen LogP contribution in [0.1, 0.15) is 15.9 Å². The van der Waals surface area contributed by atoms with Crippen molar-refractivity contribution in [1.29, 1.82) is 0 Å². The Kier molecular flexibility index (Phi) is 3.38. The zero-order valence-corrected chi connectivity index (χ0v) is 9.58. The van der Waals surface area contributed by atoms with Gasteiger partial charge in [-0.3, -0.25) is 9.79 Å². The lowest BCUT2D eigenvalue weighted by Gasteiger charge is -1.98. The number of phenols is 1. The molecule has 0 aliphatic carbocycles. The molecule has 0 saturated carbocycles. The topological polar surface area (TPSA) is 75.7 Å². The van der Waals surface area contributed by atoms with Crippen molar-refractivity contribution in [3.8, 4) is 5.75 Å². The predicted octanol–water partition coefficient (Wildman–Crippen LogP) is 2.24. The van der Waals surface area contributed by atoms with Gasteiger partial charge in [-0.15, -0.1) is 0 Å². The molecular weight excluding hydrogens is 228 g/mol. The number of nitrogens with two attached hydrogens (primary N) is 1. The molecule has 4 nitrogen and oxygen atoms in total. The molecule has 2 rings (SSSR count). The molecule has 0 fully saturated rings. The van der Waals surface area contributed by atoms with E-state index in [-0.39, 0.29) is 5.75 Å². The third-order valence-electron chi connectivity index (χ3n) is 2.44. The molecule has 2 aromatic carbocycles. The number of amides is 1. The van der Waals surface area contributed by atoms with Crippen LogP contribution in [0, 0.1) is 0 Å². The van der Waals surface area contributed by atoms with Gasteiger partial charge in [0.2, 0.25) is 5.91 Å². The van der Waals surface area contributed by atoms with Gasteiger partial charge in [-0.25, -0.2) is 0 Å². The third kappa shape index (κ3) is 2.74. The highest BCUT2D eigenvalue weighted by atomic mass is 16.3. The Labute approximate surface area is 104 Å². The fraction of sp³-hybridized carbons (Fsp3) is 0. The van der Waals surface area contributed by atoms with Gasteiger partial charge >= 0.3 is 0 Å². The highest BCUT2D eigenvalue weighted by Gasteiger charge is 1.99. The number of primary amides is 1. The first-order valence-electron chi connectivity index (χ1n) is 5.39. The minimum Gasteiger partial charge on any atom is -0.507 e. The van der Waals surface area contributed by atoms with Crippen molar-refractivity contribution in [2.24, 2.45) is 10.7 Å².